The molecule has 1 saturated heterocycles. The van der Waals surface area contributed by atoms with Gasteiger partial charge in [0.15, 0.2) is 0 Å². The second-order valence-corrected chi connectivity index (χ2v) is 7.63. The first kappa shape index (κ1) is 20.5. The summed E-state index contributed by atoms with van der Waals surface area (Å²) in [6.07, 6.45) is 1.01. The van der Waals surface area contributed by atoms with Crippen LogP contribution in [0.15, 0.2) is 24.3 Å². The molecule has 0 bridgehead atoms. The lowest BCUT2D eigenvalue weighted by Crippen LogP contribution is -2.55. The predicted octanol–water partition coefficient (Wildman–Crippen LogP) is 2.34. The average molecular weight is 376 g/mol. The van der Waals surface area contributed by atoms with E-state index in [0.29, 0.717) is 18.7 Å². The molecule has 0 unspecified atom stereocenters. The van der Waals surface area contributed by atoms with Gasteiger partial charge in [-0.1, -0.05) is 18.2 Å². The third kappa shape index (κ3) is 6.47. The van der Waals surface area contributed by atoms with Crippen LogP contribution < -0.4 is 16.2 Å². The number of amides is 4. The Morgan fingerprint density at radius 2 is 1.85 bits per heavy atom. The number of nitrogens with zero attached hydrogens (tertiary/aromatic N) is 1. The predicted molar refractivity (Wildman–Crippen MR) is 101 cm³/mol. The maximum atomic E-state index is 12.3. The first-order chi connectivity index (χ1) is 12.7. The van der Waals surface area contributed by atoms with E-state index in [1.165, 1.54) is 0 Å². The molecule has 1 aromatic carbocycles. The largest absolute Gasteiger partial charge is 0.444 e. The van der Waals surface area contributed by atoms with Crippen molar-refractivity contribution in [1.29, 1.82) is 0 Å². The smallest absolute Gasteiger partial charge is 0.407 e. The molecule has 0 aliphatic carbocycles. The fraction of sp³-hybridized carbons (Fsp3) is 0.526. The van der Waals surface area contributed by atoms with Crippen LogP contribution in [0.3, 0.4) is 0 Å². The van der Waals surface area contributed by atoms with E-state index in [0.717, 1.165) is 18.4 Å². The van der Waals surface area contributed by atoms with Gasteiger partial charge in [-0.3, -0.25) is 10.2 Å². The van der Waals surface area contributed by atoms with Crippen molar-refractivity contribution in [3.8, 4) is 0 Å². The highest BCUT2D eigenvalue weighted by Gasteiger charge is 2.26. The van der Waals surface area contributed by atoms with Crippen molar-refractivity contribution in [2.24, 2.45) is 0 Å². The summed E-state index contributed by atoms with van der Waals surface area (Å²) in [6, 6.07) is 6.53. The maximum Gasteiger partial charge on any atom is 0.407 e. The number of carbonyl (C=O) groups excluding carboxylic acids is 3. The highest BCUT2D eigenvalue weighted by molar-refractivity contribution is 5.96. The molecule has 27 heavy (non-hydrogen) atoms. The number of rotatable bonds is 2. The summed E-state index contributed by atoms with van der Waals surface area (Å²) in [6.45, 7) is 8.12. The normalized spacial score (nSPS) is 17.0. The van der Waals surface area contributed by atoms with Crippen molar-refractivity contribution < 1.29 is 19.1 Å². The van der Waals surface area contributed by atoms with Crippen molar-refractivity contribution >= 4 is 18.0 Å². The lowest BCUT2D eigenvalue weighted by atomic mass is 10.1. The highest BCUT2D eigenvalue weighted by Crippen LogP contribution is 2.12. The van der Waals surface area contributed by atoms with Crippen LogP contribution in [0, 0.1) is 6.92 Å². The van der Waals surface area contributed by atoms with E-state index in [-0.39, 0.29) is 11.9 Å². The van der Waals surface area contributed by atoms with Gasteiger partial charge in [-0.25, -0.2) is 15.0 Å². The van der Waals surface area contributed by atoms with Crippen LogP contribution in [0.25, 0.3) is 0 Å². The first-order valence-corrected chi connectivity index (χ1v) is 9.06. The molecule has 1 aliphatic heterocycles. The molecule has 1 fully saturated rings. The number of hydrazine groups is 1. The van der Waals surface area contributed by atoms with Gasteiger partial charge in [-0.15, -0.1) is 0 Å². The number of aryl methyl sites for hydroxylation is 1. The molecular weight excluding hydrogens is 348 g/mol. The zero-order chi connectivity index (χ0) is 20.0. The van der Waals surface area contributed by atoms with E-state index in [2.05, 4.69) is 16.2 Å². The van der Waals surface area contributed by atoms with E-state index >= 15 is 0 Å². The van der Waals surface area contributed by atoms with Crippen LogP contribution >= 0.6 is 0 Å². The molecule has 8 nitrogen and oxygen atoms in total. The topological polar surface area (TPSA) is 99.8 Å². The molecule has 2 rings (SSSR count). The van der Waals surface area contributed by atoms with Crippen LogP contribution in [-0.4, -0.2) is 47.7 Å². The molecule has 3 N–H and O–H groups in total. The Morgan fingerprint density at radius 3 is 2.52 bits per heavy atom. The summed E-state index contributed by atoms with van der Waals surface area (Å²) in [5.41, 5.74) is 5.61. The molecule has 148 valence electrons. The molecule has 0 radical (unpaired) electrons. The third-order valence-electron chi connectivity index (χ3n) is 4.10. The quantitative estimate of drug-likeness (QED) is 0.690. The van der Waals surface area contributed by atoms with Crippen LogP contribution in [0.4, 0.5) is 9.59 Å². The fourth-order valence-electron chi connectivity index (χ4n) is 2.84. The number of alkyl carbamates (subject to hydrolysis) is 1. The zero-order valence-electron chi connectivity index (χ0n) is 16.3. The van der Waals surface area contributed by atoms with E-state index in [9.17, 15) is 14.4 Å². The van der Waals surface area contributed by atoms with Gasteiger partial charge >= 0.3 is 12.1 Å². The summed E-state index contributed by atoms with van der Waals surface area (Å²) in [5, 5.41) is 2.79. The minimum atomic E-state index is -0.574. The van der Waals surface area contributed by atoms with Crippen LogP contribution in [0.2, 0.25) is 0 Å². The number of hydrogen-bond acceptors (Lipinski definition) is 4. The number of likely N-dealkylation sites (tertiary alicyclic amines) is 1. The SMILES string of the molecule is Cc1ccccc1C(=O)NNC(=O)N1CCC[C@@H](NC(=O)OC(C)(C)C)C1. The molecule has 1 heterocycles. The van der Waals surface area contributed by atoms with Crippen molar-refractivity contribution in [2.45, 2.75) is 52.2 Å². The lowest BCUT2D eigenvalue weighted by Gasteiger charge is -2.33. The molecule has 0 saturated carbocycles. The Morgan fingerprint density at radius 1 is 1.15 bits per heavy atom. The van der Waals surface area contributed by atoms with Crippen molar-refractivity contribution in [1.82, 2.24) is 21.1 Å². The van der Waals surface area contributed by atoms with Crippen LogP contribution in [0.5, 0.6) is 0 Å². The Labute approximate surface area is 159 Å². The molecule has 1 atom stereocenters. The Balaban J connectivity index is 1.83. The average Bonchev–Trinajstić information content (AvgIpc) is 2.58. The second kappa shape index (κ2) is 8.75. The lowest BCUT2D eigenvalue weighted by molar-refractivity contribution is 0.0479. The van der Waals surface area contributed by atoms with Gasteiger partial charge in [0.2, 0.25) is 0 Å². The molecule has 0 aromatic heterocycles. The molecule has 8 heteroatoms. The van der Waals surface area contributed by atoms with Crippen molar-refractivity contribution in [3.63, 3.8) is 0 Å². The molecule has 1 aliphatic rings. The molecule has 4 amide bonds. The van der Waals surface area contributed by atoms with Gasteiger partial charge < -0.3 is 15.0 Å². The number of nitrogens with one attached hydrogen (secondary N) is 3. The third-order valence-corrected chi connectivity index (χ3v) is 4.10. The van der Waals surface area contributed by atoms with E-state index in [1.54, 1.807) is 37.8 Å². The Hall–Kier alpha value is -2.77. The summed E-state index contributed by atoms with van der Waals surface area (Å²) >= 11 is 0. The Bertz CT molecular complexity index is 699. The number of piperidine rings is 1. The van der Waals surface area contributed by atoms with Gasteiger partial charge in [-0.05, 0) is 52.2 Å². The Kier molecular flexibility index (Phi) is 6.65. The van der Waals surface area contributed by atoms with Crippen molar-refractivity contribution in [3.05, 3.63) is 35.4 Å². The van der Waals surface area contributed by atoms with Crippen LogP contribution in [-0.2, 0) is 4.74 Å². The summed E-state index contributed by atoms with van der Waals surface area (Å²) in [7, 11) is 0. The zero-order valence-corrected chi connectivity index (χ0v) is 16.3. The van der Waals surface area contributed by atoms with E-state index in [1.807, 2.05) is 19.1 Å². The highest BCUT2D eigenvalue weighted by atomic mass is 16.6. The number of benzene rings is 1. The molecule has 0 spiro atoms. The standard InChI is InChI=1S/C19H28N4O4/c1-13-8-5-6-10-15(13)16(24)21-22-17(25)23-11-7-9-14(12-23)20-18(26)27-19(2,3)4/h5-6,8,10,14H,7,9,11-12H2,1-4H3,(H,20,26)(H,21,24)(H,22,25)/t14-/m1/s1. The van der Waals surface area contributed by atoms with Gasteiger partial charge in [0.05, 0.1) is 0 Å². The number of urea groups is 1. The van der Waals surface area contributed by atoms with Crippen molar-refractivity contribution in [2.75, 3.05) is 13.1 Å². The minimum absolute atomic E-state index is 0.189. The number of carbonyl (C=O) groups is 3. The minimum Gasteiger partial charge on any atom is -0.444 e. The van der Waals surface area contributed by atoms with E-state index < -0.39 is 17.7 Å². The summed E-state index contributed by atoms with van der Waals surface area (Å²) < 4.78 is 5.25. The molecule has 1 aromatic rings. The van der Waals surface area contributed by atoms with Gasteiger partial charge in [0, 0.05) is 24.7 Å². The first-order valence-electron chi connectivity index (χ1n) is 9.06. The summed E-state index contributed by atoms with van der Waals surface area (Å²) in [5.74, 6) is -0.373. The van der Waals surface area contributed by atoms with Gasteiger partial charge in [0.25, 0.3) is 5.91 Å². The second-order valence-electron chi connectivity index (χ2n) is 7.63. The fourth-order valence-corrected chi connectivity index (χ4v) is 2.84. The molecular formula is C19H28N4O4. The maximum absolute atomic E-state index is 12.3. The van der Waals surface area contributed by atoms with Crippen LogP contribution in [0.1, 0.15) is 49.5 Å². The number of hydrogen-bond donors (Lipinski definition) is 3. The number of ether oxygens (including phenoxy) is 1. The van der Waals surface area contributed by atoms with Gasteiger partial charge in [-0.2, -0.15) is 0 Å². The monoisotopic (exact) mass is 376 g/mol. The van der Waals surface area contributed by atoms with Gasteiger partial charge in [0.1, 0.15) is 5.60 Å². The van der Waals surface area contributed by atoms with E-state index in [4.69, 9.17) is 4.74 Å². The summed E-state index contributed by atoms with van der Waals surface area (Å²) in [4.78, 5) is 38.0.